The van der Waals surface area contributed by atoms with Gasteiger partial charge in [0.05, 0.1) is 21.5 Å². The van der Waals surface area contributed by atoms with Crippen LogP contribution in [-0.4, -0.2) is 41.4 Å². The predicted molar refractivity (Wildman–Crippen MR) is 125 cm³/mol. The van der Waals surface area contributed by atoms with Crippen molar-refractivity contribution in [3.63, 3.8) is 0 Å². The highest BCUT2D eigenvalue weighted by atomic mass is 32.2. The lowest BCUT2D eigenvalue weighted by atomic mass is 10.1. The minimum atomic E-state index is -3.28. The average Bonchev–Trinajstić information content (AvgIpc) is 3.31. The first-order valence-electron chi connectivity index (χ1n) is 10.2. The molecule has 0 amide bonds. The second kappa shape index (κ2) is 8.68. The van der Waals surface area contributed by atoms with Crippen molar-refractivity contribution in [2.24, 2.45) is 0 Å². The van der Waals surface area contributed by atoms with Crippen molar-refractivity contribution in [1.82, 2.24) is 15.2 Å². The summed E-state index contributed by atoms with van der Waals surface area (Å²) in [5.74, 6) is 0.146. The van der Waals surface area contributed by atoms with Crippen LogP contribution in [0.4, 0.5) is 0 Å². The Balaban J connectivity index is 1.51. The van der Waals surface area contributed by atoms with Crippen molar-refractivity contribution < 1.29 is 22.4 Å². The smallest absolute Gasteiger partial charge is 0.315 e. The molecular formula is C23H23N3O5S2. The number of rotatable bonds is 6. The number of fused-ring (bicyclic) bond motifs is 1. The van der Waals surface area contributed by atoms with Crippen molar-refractivity contribution in [3.8, 4) is 11.1 Å². The molecule has 0 radical (unpaired) electrons. The lowest BCUT2D eigenvalue weighted by Gasteiger charge is -2.18. The average molecular weight is 486 g/mol. The van der Waals surface area contributed by atoms with Crippen LogP contribution in [0.25, 0.3) is 21.3 Å². The first-order chi connectivity index (χ1) is 15.5. The van der Waals surface area contributed by atoms with E-state index in [4.69, 9.17) is 9.15 Å². The number of carbonyl (C=O) groups excluding carboxylic acids is 1. The summed E-state index contributed by atoms with van der Waals surface area (Å²) in [4.78, 5) is 16.8. The molecule has 0 saturated carbocycles. The molecule has 0 aliphatic rings. The molecule has 0 N–H and O–H groups in total. The standard InChI is InChI=1S/C23H23N3O5S2/c1-23(2,3)31-22(27)13-20-26-25-19(30-20)12-21-24-17-9-8-15(11-18(17)32-21)14-6-5-7-16(10-14)33(4,28)29/h5-11H,12-13H2,1-4H3. The van der Waals surface area contributed by atoms with Gasteiger partial charge < -0.3 is 9.15 Å². The van der Waals surface area contributed by atoms with Gasteiger partial charge in [0.2, 0.25) is 11.8 Å². The van der Waals surface area contributed by atoms with Crippen LogP contribution in [0.5, 0.6) is 0 Å². The second-order valence-corrected chi connectivity index (χ2v) is 11.8. The van der Waals surface area contributed by atoms with Crippen molar-refractivity contribution in [3.05, 3.63) is 59.3 Å². The van der Waals surface area contributed by atoms with E-state index >= 15 is 0 Å². The number of sulfone groups is 1. The molecule has 0 atom stereocenters. The van der Waals surface area contributed by atoms with Crippen LogP contribution in [0, 0.1) is 0 Å². The minimum Gasteiger partial charge on any atom is -0.460 e. The Kier molecular flexibility index (Phi) is 6.06. The van der Waals surface area contributed by atoms with E-state index in [-0.39, 0.29) is 17.2 Å². The summed E-state index contributed by atoms with van der Waals surface area (Å²) >= 11 is 1.49. The zero-order chi connectivity index (χ0) is 23.8. The third-order valence-corrected chi connectivity index (χ3v) is 6.68. The molecule has 0 unspecified atom stereocenters. The summed E-state index contributed by atoms with van der Waals surface area (Å²) in [5, 5.41) is 8.73. The van der Waals surface area contributed by atoms with Crippen molar-refractivity contribution in [2.45, 2.75) is 44.1 Å². The maximum Gasteiger partial charge on any atom is 0.315 e. The van der Waals surface area contributed by atoms with Crippen molar-refractivity contribution in [2.75, 3.05) is 6.26 Å². The van der Waals surface area contributed by atoms with Gasteiger partial charge in [0.25, 0.3) is 0 Å². The monoisotopic (exact) mass is 485 g/mol. The Hall–Kier alpha value is -3.11. The SMILES string of the molecule is CC(C)(C)OC(=O)Cc1nnc(Cc2nc3ccc(-c4cccc(S(C)(=O)=O)c4)cc3s2)o1. The summed E-state index contributed by atoms with van der Waals surface area (Å²) in [6, 6.07) is 12.7. The summed E-state index contributed by atoms with van der Waals surface area (Å²) in [6.45, 7) is 5.39. The topological polar surface area (TPSA) is 112 Å². The van der Waals surface area contributed by atoms with Crippen LogP contribution in [0.3, 0.4) is 0 Å². The van der Waals surface area contributed by atoms with Gasteiger partial charge in [0.1, 0.15) is 17.0 Å². The highest BCUT2D eigenvalue weighted by Crippen LogP contribution is 2.30. The molecule has 0 aliphatic carbocycles. The highest BCUT2D eigenvalue weighted by Gasteiger charge is 2.20. The quantitative estimate of drug-likeness (QED) is 0.373. The molecular weight excluding hydrogens is 462 g/mol. The van der Waals surface area contributed by atoms with Gasteiger partial charge in [-0.2, -0.15) is 0 Å². The molecule has 8 nitrogen and oxygen atoms in total. The van der Waals surface area contributed by atoms with Crippen LogP contribution < -0.4 is 0 Å². The number of thiazole rings is 1. The van der Waals surface area contributed by atoms with Gasteiger partial charge in [-0.05, 0) is 56.2 Å². The molecule has 10 heteroatoms. The molecule has 0 spiro atoms. The molecule has 0 aliphatic heterocycles. The van der Waals surface area contributed by atoms with Gasteiger partial charge in [-0.1, -0.05) is 18.2 Å². The first-order valence-corrected chi connectivity index (χ1v) is 12.9. The second-order valence-electron chi connectivity index (χ2n) is 8.62. The predicted octanol–water partition coefficient (Wildman–Crippen LogP) is 4.22. The van der Waals surface area contributed by atoms with E-state index in [1.807, 2.05) is 24.3 Å². The summed E-state index contributed by atoms with van der Waals surface area (Å²) in [5.41, 5.74) is 1.97. The number of nitrogens with zero attached hydrogens (tertiary/aromatic N) is 3. The Labute approximate surface area is 195 Å². The summed E-state index contributed by atoms with van der Waals surface area (Å²) in [7, 11) is -3.28. The number of ether oxygens (including phenoxy) is 1. The van der Waals surface area contributed by atoms with E-state index in [2.05, 4.69) is 15.2 Å². The van der Waals surface area contributed by atoms with Gasteiger partial charge >= 0.3 is 5.97 Å². The van der Waals surface area contributed by atoms with E-state index in [0.717, 1.165) is 26.4 Å². The molecule has 0 fully saturated rings. The van der Waals surface area contributed by atoms with Crippen molar-refractivity contribution in [1.29, 1.82) is 0 Å². The first kappa shape index (κ1) is 23.1. The lowest BCUT2D eigenvalue weighted by molar-refractivity contribution is -0.154. The number of carbonyl (C=O) groups is 1. The number of hydrogen-bond donors (Lipinski definition) is 0. The van der Waals surface area contributed by atoms with E-state index in [1.165, 1.54) is 17.6 Å². The fraction of sp³-hybridized carbons (Fsp3) is 0.304. The normalized spacial score (nSPS) is 12.2. The van der Waals surface area contributed by atoms with Crippen LogP contribution in [0.1, 0.15) is 37.6 Å². The largest absolute Gasteiger partial charge is 0.460 e. The Morgan fingerprint density at radius 3 is 2.52 bits per heavy atom. The molecule has 4 aromatic rings. The molecule has 2 aromatic heterocycles. The summed E-state index contributed by atoms with van der Waals surface area (Å²) in [6.07, 6.45) is 1.46. The Bertz CT molecular complexity index is 1430. The van der Waals surface area contributed by atoms with Gasteiger partial charge in [-0.3, -0.25) is 4.79 Å². The van der Waals surface area contributed by atoms with E-state index in [1.54, 1.807) is 39.0 Å². The number of esters is 1. The van der Waals surface area contributed by atoms with E-state index in [9.17, 15) is 13.2 Å². The fourth-order valence-electron chi connectivity index (χ4n) is 3.20. The van der Waals surface area contributed by atoms with Crippen LogP contribution in [0.15, 0.2) is 51.8 Å². The zero-order valence-corrected chi connectivity index (χ0v) is 20.3. The van der Waals surface area contributed by atoms with Gasteiger partial charge in [-0.25, -0.2) is 13.4 Å². The van der Waals surface area contributed by atoms with Gasteiger partial charge in [0.15, 0.2) is 9.84 Å². The van der Waals surface area contributed by atoms with Gasteiger partial charge in [0, 0.05) is 6.26 Å². The maximum absolute atomic E-state index is 11.9. The third kappa shape index (κ3) is 5.82. The molecule has 2 heterocycles. The lowest BCUT2D eigenvalue weighted by Crippen LogP contribution is -2.24. The number of hydrogen-bond acceptors (Lipinski definition) is 9. The summed E-state index contributed by atoms with van der Waals surface area (Å²) < 4.78 is 35.6. The van der Waals surface area contributed by atoms with E-state index in [0.29, 0.717) is 12.3 Å². The molecule has 172 valence electrons. The van der Waals surface area contributed by atoms with Gasteiger partial charge in [-0.15, -0.1) is 21.5 Å². The maximum atomic E-state index is 11.9. The fourth-order valence-corrected chi connectivity index (χ4v) is 4.86. The van der Waals surface area contributed by atoms with E-state index < -0.39 is 21.4 Å². The van der Waals surface area contributed by atoms with Crippen LogP contribution in [0.2, 0.25) is 0 Å². The number of aromatic nitrogens is 3. The molecule has 4 rings (SSSR count). The number of benzene rings is 2. The third-order valence-electron chi connectivity index (χ3n) is 4.55. The Morgan fingerprint density at radius 2 is 1.79 bits per heavy atom. The highest BCUT2D eigenvalue weighted by molar-refractivity contribution is 7.90. The molecule has 0 saturated heterocycles. The van der Waals surface area contributed by atoms with Crippen LogP contribution >= 0.6 is 11.3 Å². The molecule has 2 aromatic carbocycles. The molecule has 33 heavy (non-hydrogen) atoms. The zero-order valence-electron chi connectivity index (χ0n) is 18.7. The Morgan fingerprint density at radius 1 is 1.06 bits per heavy atom. The van der Waals surface area contributed by atoms with Crippen LogP contribution in [-0.2, 0) is 32.2 Å². The van der Waals surface area contributed by atoms with Crippen molar-refractivity contribution >= 4 is 37.4 Å². The molecule has 0 bridgehead atoms. The minimum absolute atomic E-state index is 0.0833.